The normalized spacial score (nSPS) is 12.5. The van der Waals surface area contributed by atoms with Crippen LogP contribution >= 0.6 is 15.9 Å². The molecule has 3 nitrogen and oxygen atoms in total. The lowest BCUT2D eigenvalue weighted by Gasteiger charge is -2.18. The molecular formula is C11H17BrN2O. The minimum Gasteiger partial charge on any atom is -0.397 e. The Hall–Kier alpha value is -0.740. The zero-order valence-electron chi connectivity index (χ0n) is 9.09. The van der Waals surface area contributed by atoms with E-state index in [9.17, 15) is 0 Å². The van der Waals surface area contributed by atoms with Crippen molar-refractivity contribution >= 4 is 27.3 Å². The molecular weight excluding hydrogens is 256 g/mol. The van der Waals surface area contributed by atoms with Gasteiger partial charge < -0.3 is 15.8 Å². The van der Waals surface area contributed by atoms with E-state index in [2.05, 4.69) is 28.2 Å². The highest BCUT2D eigenvalue weighted by molar-refractivity contribution is 9.10. The van der Waals surface area contributed by atoms with Gasteiger partial charge in [0.2, 0.25) is 0 Å². The van der Waals surface area contributed by atoms with Crippen LogP contribution in [0.1, 0.15) is 13.3 Å². The molecule has 0 aromatic heterocycles. The van der Waals surface area contributed by atoms with Gasteiger partial charge in [0, 0.05) is 17.6 Å². The third-order valence-electron chi connectivity index (χ3n) is 2.24. The number of halogens is 1. The molecule has 0 aliphatic rings. The monoisotopic (exact) mass is 272 g/mol. The van der Waals surface area contributed by atoms with Gasteiger partial charge >= 0.3 is 0 Å². The molecule has 1 atom stereocenters. The summed E-state index contributed by atoms with van der Waals surface area (Å²) in [6.45, 7) is 2.80. The number of nitrogens with one attached hydrogen (secondary N) is 1. The highest BCUT2D eigenvalue weighted by atomic mass is 79.9. The molecule has 84 valence electrons. The summed E-state index contributed by atoms with van der Waals surface area (Å²) in [5, 5.41) is 3.36. The first-order valence-corrected chi connectivity index (χ1v) is 5.77. The van der Waals surface area contributed by atoms with Crippen molar-refractivity contribution < 1.29 is 4.74 Å². The van der Waals surface area contributed by atoms with Gasteiger partial charge in [-0.3, -0.25) is 0 Å². The summed E-state index contributed by atoms with van der Waals surface area (Å²) in [7, 11) is 1.70. The maximum atomic E-state index is 5.86. The Kier molecular flexibility index (Phi) is 4.91. The van der Waals surface area contributed by atoms with Crippen molar-refractivity contribution in [3.63, 3.8) is 0 Å². The van der Waals surface area contributed by atoms with Gasteiger partial charge in [0.25, 0.3) is 0 Å². The average Bonchev–Trinajstić information content (AvgIpc) is 2.22. The van der Waals surface area contributed by atoms with Gasteiger partial charge in [0.15, 0.2) is 0 Å². The lowest BCUT2D eigenvalue weighted by Crippen LogP contribution is -2.24. The maximum absolute atomic E-state index is 5.86. The predicted molar refractivity (Wildman–Crippen MR) is 68.1 cm³/mol. The SMILES string of the molecule is CCC(COC)Nc1cc(Br)ccc1N. The van der Waals surface area contributed by atoms with Crippen molar-refractivity contribution in [3.05, 3.63) is 22.7 Å². The van der Waals surface area contributed by atoms with E-state index in [1.54, 1.807) is 7.11 Å². The van der Waals surface area contributed by atoms with Crippen molar-refractivity contribution in [2.45, 2.75) is 19.4 Å². The smallest absolute Gasteiger partial charge is 0.0663 e. The number of ether oxygens (including phenoxy) is 1. The fraction of sp³-hybridized carbons (Fsp3) is 0.455. The fourth-order valence-corrected chi connectivity index (χ4v) is 1.70. The highest BCUT2D eigenvalue weighted by Gasteiger charge is 2.07. The molecule has 1 aromatic carbocycles. The quantitative estimate of drug-likeness (QED) is 0.811. The Labute approximate surface area is 99.1 Å². The second-order valence-electron chi connectivity index (χ2n) is 3.44. The van der Waals surface area contributed by atoms with Crippen LogP contribution in [-0.2, 0) is 4.74 Å². The standard InChI is InChI=1S/C11H17BrN2O/c1-3-9(7-15-2)14-11-6-8(12)4-5-10(11)13/h4-6,9,14H,3,7,13H2,1-2H3. The van der Waals surface area contributed by atoms with E-state index < -0.39 is 0 Å². The molecule has 0 spiro atoms. The lowest BCUT2D eigenvalue weighted by molar-refractivity contribution is 0.184. The van der Waals surface area contributed by atoms with Gasteiger partial charge in [0.05, 0.1) is 18.0 Å². The Morgan fingerprint density at radius 3 is 2.87 bits per heavy atom. The van der Waals surface area contributed by atoms with Crippen LogP contribution in [0, 0.1) is 0 Å². The minimum absolute atomic E-state index is 0.298. The van der Waals surface area contributed by atoms with Crippen LogP contribution in [0.5, 0.6) is 0 Å². The molecule has 1 unspecified atom stereocenters. The molecule has 0 saturated heterocycles. The predicted octanol–water partition coefficient (Wildman–Crippen LogP) is 2.87. The topological polar surface area (TPSA) is 47.3 Å². The van der Waals surface area contributed by atoms with Crippen LogP contribution in [0.2, 0.25) is 0 Å². The molecule has 0 bridgehead atoms. The Morgan fingerprint density at radius 2 is 2.27 bits per heavy atom. The van der Waals surface area contributed by atoms with E-state index in [-0.39, 0.29) is 0 Å². The molecule has 1 aromatic rings. The van der Waals surface area contributed by atoms with Crippen LogP contribution in [0.4, 0.5) is 11.4 Å². The molecule has 3 N–H and O–H groups in total. The van der Waals surface area contributed by atoms with Gasteiger partial charge in [-0.15, -0.1) is 0 Å². The number of benzene rings is 1. The van der Waals surface area contributed by atoms with E-state index in [0.29, 0.717) is 12.6 Å². The number of rotatable bonds is 5. The molecule has 4 heteroatoms. The van der Waals surface area contributed by atoms with Crippen LogP contribution in [0.3, 0.4) is 0 Å². The van der Waals surface area contributed by atoms with Gasteiger partial charge in [-0.25, -0.2) is 0 Å². The second-order valence-corrected chi connectivity index (χ2v) is 4.35. The number of hydrogen-bond acceptors (Lipinski definition) is 3. The van der Waals surface area contributed by atoms with Gasteiger partial charge in [-0.2, -0.15) is 0 Å². The summed E-state index contributed by atoms with van der Waals surface area (Å²) in [5.74, 6) is 0. The summed E-state index contributed by atoms with van der Waals surface area (Å²) in [5.41, 5.74) is 7.57. The number of hydrogen-bond donors (Lipinski definition) is 2. The van der Waals surface area contributed by atoms with E-state index in [0.717, 1.165) is 22.3 Å². The first-order chi connectivity index (χ1) is 7.17. The average molecular weight is 273 g/mol. The maximum Gasteiger partial charge on any atom is 0.0663 e. The molecule has 0 amide bonds. The zero-order chi connectivity index (χ0) is 11.3. The number of nitrogens with two attached hydrogens (primary N) is 1. The molecule has 0 heterocycles. The van der Waals surface area contributed by atoms with Crippen molar-refractivity contribution in [1.29, 1.82) is 0 Å². The lowest BCUT2D eigenvalue weighted by atomic mass is 10.2. The van der Waals surface area contributed by atoms with Crippen molar-refractivity contribution in [1.82, 2.24) is 0 Å². The van der Waals surface area contributed by atoms with E-state index in [1.165, 1.54) is 0 Å². The van der Waals surface area contributed by atoms with Crippen LogP contribution in [0.15, 0.2) is 22.7 Å². The first-order valence-electron chi connectivity index (χ1n) is 4.97. The molecule has 0 aliphatic heterocycles. The zero-order valence-corrected chi connectivity index (χ0v) is 10.7. The van der Waals surface area contributed by atoms with Crippen molar-refractivity contribution in [3.8, 4) is 0 Å². The number of nitrogen functional groups attached to an aromatic ring is 1. The third kappa shape index (κ3) is 3.72. The van der Waals surface area contributed by atoms with Gasteiger partial charge in [-0.05, 0) is 24.6 Å². The summed E-state index contributed by atoms with van der Waals surface area (Å²) in [6.07, 6.45) is 1.000. The summed E-state index contributed by atoms with van der Waals surface area (Å²) in [4.78, 5) is 0. The highest BCUT2D eigenvalue weighted by Crippen LogP contribution is 2.24. The number of anilines is 2. The summed E-state index contributed by atoms with van der Waals surface area (Å²) >= 11 is 3.42. The minimum atomic E-state index is 0.298. The third-order valence-corrected chi connectivity index (χ3v) is 2.73. The molecule has 15 heavy (non-hydrogen) atoms. The van der Waals surface area contributed by atoms with Crippen LogP contribution in [-0.4, -0.2) is 19.8 Å². The van der Waals surface area contributed by atoms with Gasteiger partial charge in [0.1, 0.15) is 0 Å². The van der Waals surface area contributed by atoms with Crippen LogP contribution in [0.25, 0.3) is 0 Å². The number of methoxy groups -OCH3 is 1. The van der Waals surface area contributed by atoms with Crippen LogP contribution < -0.4 is 11.1 Å². The van der Waals surface area contributed by atoms with Gasteiger partial charge in [-0.1, -0.05) is 22.9 Å². The molecule has 1 rings (SSSR count). The molecule has 0 aliphatic carbocycles. The van der Waals surface area contributed by atoms with E-state index >= 15 is 0 Å². The van der Waals surface area contributed by atoms with Crippen molar-refractivity contribution in [2.24, 2.45) is 0 Å². The second kappa shape index (κ2) is 5.98. The summed E-state index contributed by atoms with van der Waals surface area (Å²) < 4.78 is 6.14. The molecule has 0 radical (unpaired) electrons. The molecule has 0 fully saturated rings. The largest absolute Gasteiger partial charge is 0.397 e. The Bertz CT molecular complexity index is 317. The Balaban J connectivity index is 2.73. The van der Waals surface area contributed by atoms with E-state index in [1.807, 2.05) is 18.2 Å². The first kappa shape index (κ1) is 12.3. The summed E-state index contributed by atoms with van der Waals surface area (Å²) in [6, 6.07) is 6.09. The fourth-order valence-electron chi connectivity index (χ4n) is 1.34. The molecule has 0 saturated carbocycles. The van der Waals surface area contributed by atoms with E-state index in [4.69, 9.17) is 10.5 Å². The van der Waals surface area contributed by atoms with Crippen molar-refractivity contribution in [2.75, 3.05) is 24.8 Å². The Morgan fingerprint density at radius 1 is 1.53 bits per heavy atom.